The van der Waals surface area contributed by atoms with Crippen molar-refractivity contribution in [3.63, 3.8) is 0 Å². The number of nitrogens with zero attached hydrogens (tertiary/aromatic N) is 1. The van der Waals surface area contributed by atoms with Crippen molar-refractivity contribution >= 4 is 11.9 Å². The van der Waals surface area contributed by atoms with Crippen molar-refractivity contribution in [2.24, 2.45) is 5.92 Å². The molecule has 0 bridgehead atoms. The summed E-state index contributed by atoms with van der Waals surface area (Å²) in [5, 5.41) is 20.3. The van der Waals surface area contributed by atoms with Gasteiger partial charge in [0.2, 0.25) is 0 Å². The van der Waals surface area contributed by atoms with Gasteiger partial charge in [-0.05, 0) is 38.3 Å². The van der Waals surface area contributed by atoms with Crippen LogP contribution in [0, 0.1) is 5.92 Å². The molecule has 2 N–H and O–H groups in total. The van der Waals surface area contributed by atoms with Crippen molar-refractivity contribution in [2.45, 2.75) is 52.4 Å². The van der Waals surface area contributed by atoms with E-state index in [1.54, 1.807) is 33.8 Å². The van der Waals surface area contributed by atoms with Crippen molar-refractivity contribution in [3.05, 3.63) is 35.1 Å². The van der Waals surface area contributed by atoms with E-state index in [0.29, 0.717) is 24.4 Å². The van der Waals surface area contributed by atoms with Gasteiger partial charge in [-0.25, -0.2) is 9.59 Å². The number of carbonyl (C=O) groups excluding carboxylic acids is 2. The molecule has 7 nitrogen and oxygen atoms in total. The van der Waals surface area contributed by atoms with E-state index in [4.69, 9.17) is 9.47 Å². The third kappa shape index (κ3) is 4.15. The van der Waals surface area contributed by atoms with Gasteiger partial charge in [-0.3, -0.25) is 4.90 Å². The summed E-state index contributed by atoms with van der Waals surface area (Å²) in [6.07, 6.45) is 4.20. The van der Waals surface area contributed by atoms with E-state index in [1.807, 2.05) is 12.2 Å². The summed E-state index contributed by atoms with van der Waals surface area (Å²) in [7, 11) is 0. The lowest BCUT2D eigenvalue weighted by Crippen LogP contribution is -2.53. The predicted octanol–water partition coefficient (Wildman–Crippen LogP) is 1.31. The second-order valence-electron chi connectivity index (χ2n) is 7.34. The number of rotatable bonds is 7. The van der Waals surface area contributed by atoms with Crippen LogP contribution in [0.25, 0.3) is 0 Å². The monoisotopic (exact) mass is 379 g/mol. The van der Waals surface area contributed by atoms with Crippen LogP contribution in [0.4, 0.5) is 0 Å². The van der Waals surface area contributed by atoms with Crippen molar-refractivity contribution in [3.8, 4) is 0 Å². The molecule has 0 saturated heterocycles. The van der Waals surface area contributed by atoms with Crippen LogP contribution < -0.4 is 0 Å². The molecule has 0 amide bonds. The van der Waals surface area contributed by atoms with E-state index >= 15 is 0 Å². The van der Waals surface area contributed by atoms with Crippen molar-refractivity contribution < 1.29 is 29.3 Å². The number of ether oxygens (including phenoxy) is 2. The highest BCUT2D eigenvalue weighted by molar-refractivity contribution is 5.88. The van der Waals surface area contributed by atoms with Crippen LogP contribution in [0.2, 0.25) is 0 Å². The van der Waals surface area contributed by atoms with Gasteiger partial charge in [0.15, 0.2) is 5.60 Å². The van der Waals surface area contributed by atoms with Crippen LogP contribution >= 0.6 is 0 Å². The zero-order valence-corrected chi connectivity index (χ0v) is 16.6. The molecule has 2 rings (SSSR count). The summed E-state index contributed by atoms with van der Waals surface area (Å²) in [5.41, 5.74) is -0.666. The Labute approximate surface area is 159 Å². The number of aliphatic hydroxyl groups excluding tert-OH is 1. The molecule has 0 saturated carbocycles. The van der Waals surface area contributed by atoms with Crippen LogP contribution in [0.5, 0.6) is 0 Å². The number of allylic oxidation sites excluding steroid dienone is 1. The van der Waals surface area contributed by atoms with Gasteiger partial charge in [-0.15, -0.1) is 0 Å². The Morgan fingerprint density at radius 3 is 2.52 bits per heavy atom. The topological polar surface area (TPSA) is 96.3 Å². The summed E-state index contributed by atoms with van der Waals surface area (Å²) in [4.78, 5) is 26.5. The SMILES string of the molecule is CC=C(C)C(=O)OC1=CCN2CC=C(COC(=O)C(O)(C(C)C)C(C)O)C12. The predicted molar refractivity (Wildman–Crippen MR) is 99.5 cm³/mol. The maximum Gasteiger partial charge on any atom is 0.341 e. The average Bonchev–Trinajstić information content (AvgIpc) is 3.20. The Hall–Kier alpha value is -1.96. The molecule has 0 fully saturated rings. The molecule has 0 aromatic carbocycles. The molecular weight excluding hydrogens is 350 g/mol. The van der Waals surface area contributed by atoms with E-state index in [2.05, 4.69) is 4.90 Å². The first-order valence-corrected chi connectivity index (χ1v) is 9.18. The summed E-state index contributed by atoms with van der Waals surface area (Å²) < 4.78 is 10.8. The molecule has 2 aliphatic heterocycles. The molecule has 0 aliphatic carbocycles. The second-order valence-corrected chi connectivity index (χ2v) is 7.34. The number of aliphatic hydroxyl groups is 2. The Morgan fingerprint density at radius 2 is 1.96 bits per heavy atom. The maximum absolute atomic E-state index is 12.4. The maximum atomic E-state index is 12.4. The lowest BCUT2D eigenvalue weighted by Gasteiger charge is -2.32. The van der Waals surface area contributed by atoms with Crippen molar-refractivity contribution in [1.29, 1.82) is 0 Å². The van der Waals surface area contributed by atoms with Gasteiger partial charge in [-0.2, -0.15) is 0 Å². The first-order valence-electron chi connectivity index (χ1n) is 9.18. The first kappa shape index (κ1) is 21.3. The molecule has 3 unspecified atom stereocenters. The number of esters is 2. The van der Waals surface area contributed by atoms with Crippen LogP contribution in [-0.4, -0.2) is 64.5 Å². The molecule has 0 aromatic heterocycles. The lowest BCUT2D eigenvalue weighted by atomic mass is 9.85. The smallest absolute Gasteiger partial charge is 0.341 e. The minimum atomic E-state index is -1.97. The van der Waals surface area contributed by atoms with Crippen LogP contribution in [0.1, 0.15) is 34.6 Å². The fourth-order valence-corrected chi connectivity index (χ4v) is 3.24. The van der Waals surface area contributed by atoms with Crippen LogP contribution in [0.15, 0.2) is 35.1 Å². The van der Waals surface area contributed by atoms with Gasteiger partial charge in [0, 0.05) is 18.7 Å². The fraction of sp³-hybridized carbons (Fsp3) is 0.600. The average molecular weight is 379 g/mol. The number of fused-ring (bicyclic) bond motifs is 1. The lowest BCUT2D eigenvalue weighted by molar-refractivity contribution is -0.183. The van der Waals surface area contributed by atoms with Gasteiger partial charge in [0.1, 0.15) is 12.4 Å². The molecular formula is C20H29NO6. The number of carbonyl (C=O) groups is 2. The highest BCUT2D eigenvalue weighted by atomic mass is 16.6. The summed E-state index contributed by atoms with van der Waals surface area (Å²) >= 11 is 0. The van der Waals surface area contributed by atoms with Crippen LogP contribution in [-0.2, 0) is 19.1 Å². The Morgan fingerprint density at radius 1 is 1.33 bits per heavy atom. The number of hydrogen-bond donors (Lipinski definition) is 2. The van der Waals surface area contributed by atoms with E-state index in [9.17, 15) is 19.8 Å². The van der Waals surface area contributed by atoms with Gasteiger partial charge in [0.25, 0.3) is 0 Å². The summed E-state index contributed by atoms with van der Waals surface area (Å²) in [6.45, 7) is 9.35. The number of hydrogen-bond acceptors (Lipinski definition) is 7. The van der Waals surface area contributed by atoms with Crippen molar-refractivity contribution in [2.75, 3.05) is 19.7 Å². The Kier molecular flexibility index (Phi) is 6.62. The highest BCUT2D eigenvalue weighted by Gasteiger charge is 2.46. The largest absolute Gasteiger partial charge is 0.459 e. The molecule has 27 heavy (non-hydrogen) atoms. The molecule has 7 heteroatoms. The molecule has 0 spiro atoms. The van der Waals surface area contributed by atoms with E-state index in [0.717, 1.165) is 5.57 Å². The van der Waals surface area contributed by atoms with E-state index in [1.165, 1.54) is 6.92 Å². The minimum absolute atomic E-state index is 0.0424. The zero-order valence-electron chi connectivity index (χ0n) is 16.6. The standard InChI is InChI=1S/C20H29NO6/c1-6-13(4)18(23)27-16-8-10-21-9-7-15(17(16)21)11-26-19(24)20(25,12(2)3)14(5)22/h6-8,12,14,17,22,25H,9-11H2,1-5H3. The van der Waals surface area contributed by atoms with Crippen LogP contribution in [0.3, 0.4) is 0 Å². The minimum Gasteiger partial charge on any atom is -0.459 e. The van der Waals surface area contributed by atoms with Crippen molar-refractivity contribution in [1.82, 2.24) is 4.90 Å². The van der Waals surface area contributed by atoms with Gasteiger partial charge < -0.3 is 19.7 Å². The van der Waals surface area contributed by atoms with Gasteiger partial charge >= 0.3 is 11.9 Å². The molecule has 2 aliphatic rings. The Balaban J connectivity index is 2.04. The second kappa shape index (κ2) is 8.37. The van der Waals surface area contributed by atoms with Gasteiger partial charge in [-0.1, -0.05) is 26.0 Å². The Bertz CT molecular complexity index is 681. The van der Waals surface area contributed by atoms with Gasteiger partial charge in [0.05, 0.1) is 12.1 Å². The normalized spacial score (nSPS) is 23.4. The molecule has 150 valence electrons. The summed E-state index contributed by atoms with van der Waals surface area (Å²) in [5.74, 6) is -1.25. The summed E-state index contributed by atoms with van der Waals surface area (Å²) in [6, 6.07) is -0.259. The quantitative estimate of drug-likeness (QED) is 0.391. The third-order valence-corrected chi connectivity index (χ3v) is 5.28. The van der Waals surface area contributed by atoms with E-state index in [-0.39, 0.29) is 12.6 Å². The third-order valence-electron chi connectivity index (χ3n) is 5.28. The van der Waals surface area contributed by atoms with E-state index < -0.39 is 29.6 Å². The molecule has 0 aromatic rings. The fourth-order valence-electron chi connectivity index (χ4n) is 3.24. The zero-order chi connectivity index (χ0) is 20.4. The molecule has 0 radical (unpaired) electrons. The first-order chi connectivity index (χ1) is 12.6. The molecule has 3 atom stereocenters. The molecule has 2 heterocycles. The highest BCUT2D eigenvalue weighted by Crippen LogP contribution is 2.32.